The zero-order chi connectivity index (χ0) is 14.8. The van der Waals surface area contributed by atoms with Crippen molar-refractivity contribution in [3.05, 3.63) is 0 Å². The number of guanidine groups is 1. The number of carbonyl (C=O) groups is 3. The molecule has 0 rings (SSSR count). The van der Waals surface area contributed by atoms with E-state index in [4.69, 9.17) is 22.0 Å². The summed E-state index contributed by atoms with van der Waals surface area (Å²) in [5.41, 5.74) is 10.5. The zero-order valence-electron chi connectivity index (χ0n) is 10.3. The number of esters is 2. The molecule has 0 aliphatic carbocycles. The van der Waals surface area contributed by atoms with Crippen LogP contribution in [0.3, 0.4) is 0 Å². The summed E-state index contributed by atoms with van der Waals surface area (Å²) in [6.45, 7) is 0.378. The van der Waals surface area contributed by atoms with Crippen LogP contribution in [0.1, 0.15) is 25.7 Å². The average Bonchev–Trinajstić information content (AvgIpc) is 2.31. The highest BCUT2D eigenvalue weighted by Crippen LogP contribution is 1.99. The highest BCUT2D eigenvalue weighted by atomic mass is 16.6. The van der Waals surface area contributed by atoms with Gasteiger partial charge in [-0.1, -0.05) is 0 Å². The molecule has 0 saturated carbocycles. The number of nitrogens with two attached hydrogens (primary N) is 2. The maximum atomic E-state index is 11.3. The van der Waals surface area contributed by atoms with E-state index >= 15 is 0 Å². The molecule has 0 saturated heterocycles. The lowest BCUT2D eigenvalue weighted by Gasteiger charge is -2.10. The number of ether oxygens (including phenoxy) is 1. The van der Waals surface area contributed by atoms with Gasteiger partial charge in [0.05, 0.1) is 12.8 Å². The molecule has 1 atom stereocenters. The van der Waals surface area contributed by atoms with Crippen molar-refractivity contribution in [2.75, 3.05) is 6.54 Å². The van der Waals surface area contributed by atoms with E-state index in [9.17, 15) is 14.4 Å². The van der Waals surface area contributed by atoms with Crippen molar-refractivity contribution in [3.8, 4) is 0 Å². The Bertz CT molecular complexity index is 358. The fourth-order valence-electron chi connectivity index (χ4n) is 1.11. The summed E-state index contributed by atoms with van der Waals surface area (Å²) in [4.78, 5) is 32.6. The van der Waals surface area contributed by atoms with Crippen LogP contribution in [0, 0.1) is 5.41 Å². The highest BCUT2D eigenvalue weighted by molar-refractivity contribution is 5.89. The number of carboxylic acids is 1. The lowest BCUT2D eigenvalue weighted by molar-refractivity contribution is -0.162. The van der Waals surface area contributed by atoms with E-state index < -0.39 is 30.4 Å². The first-order valence-corrected chi connectivity index (χ1v) is 5.62. The standard InChI is InChI=1S/C10H18N4O5/c11-6(2-1-5-14-10(12)13)9(18)19-8(17)4-3-7(15)16/h6H,1-5,11H2,(H,15,16)(H4,12,13,14). The van der Waals surface area contributed by atoms with Crippen molar-refractivity contribution >= 4 is 23.9 Å². The monoisotopic (exact) mass is 274 g/mol. The van der Waals surface area contributed by atoms with Gasteiger partial charge in [-0.05, 0) is 12.8 Å². The van der Waals surface area contributed by atoms with Gasteiger partial charge < -0.3 is 26.6 Å². The summed E-state index contributed by atoms with van der Waals surface area (Å²) in [5.74, 6) is -3.13. The van der Waals surface area contributed by atoms with Gasteiger partial charge in [0.2, 0.25) is 0 Å². The lowest BCUT2D eigenvalue weighted by Crippen LogP contribution is -2.36. The van der Waals surface area contributed by atoms with Crippen molar-refractivity contribution < 1.29 is 24.2 Å². The van der Waals surface area contributed by atoms with E-state index in [0.29, 0.717) is 13.0 Å². The zero-order valence-corrected chi connectivity index (χ0v) is 10.3. The second kappa shape index (κ2) is 8.86. The van der Waals surface area contributed by atoms with Crippen LogP contribution in [0.5, 0.6) is 0 Å². The SMILES string of the molecule is N=C(N)NCCCC(N)C(=O)OC(=O)CCC(=O)O. The lowest BCUT2D eigenvalue weighted by atomic mass is 10.2. The summed E-state index contributed by atoms with van der Waals surface area (Å²) < 4.78 is 4.39. The van der Waals surface area contributed by atoms with Gasteiger partial charge >= 0.3 is 17.9 Å². The molecule has 0 aliphatic heterocycles. The van der Waals surface area contributed by atoms with Crippen LogP contribution in [-0.2, 0) is 19.1 Å². The Morgan fingerprint density at radius 3 is 2.47 bits per heavy atom. The number of hydrogen-bond acceptors (Lipinski definition) is 6. The molecule has 108 valence electrons. The molecule has 0 spiro atoms. The third-order valence-electron chi connectivity index (χ3n) is 2.07. The van der Waals surface area contributed by atoms with Crippen molar-refractivity contribution in [1.82, 2.24) is 5.32 Å². The van der Waals surface area contributed by atoms with Gasteiger partial charge in [-0.25, -0.2) is 4.79 Å². The second-order valence-electron chi connectivity index (χ2n) is 3.78. The Balaban J connectivity index is 3.83. The van der Waals surface area contributed by atoms with Crippen LogP contribution in [0.15, 0.2) is 0 Å². The molecule has 0 heterocycles. The van der Waals surface area contributed by atoms with Crippen molar-refractivity contribution in [2.24, 2.45) is 11.5 Å². The quantitative estimate of drug-likeness (QED) is 0.117. The molecule has 9 nitrogen and oxygen atoms in total. The van der Waals surface area contributed by atoms with Crippen molar-refractivity contribution in [2.45, 2.75) is 31.7 Å². The molecule has 0 aliphatic rings. The molecule has 0 amide bonds. The van der Waals surface area contributed by atoms with E-state index in [1.165, 1.54) is 0 Å². The first-order valence-electron chi connectivity index (χ1n) is 5.62. The van der Waals surface area contributed by atoms with Gasteiger partial charge in [-0.3, -0.25) is 15.0 Å². The summed E-state index contributed by atoms with van der Waals surface area (Å²) in [6.07, 6.45) is -0.0476. The third kappa shape index (κ3) is 9.53. The Kier molecular flexibility index (Phi) is 7.85. The van der Waals surface area contributed by atoms with E-state index in [-0.39, 0.29) is 18.8 Å². The molecular formula is C10H18N4O5. The minimum Gasteiger partial charge on any atom is -0.481 e. The van der Waals surface area contributed by atoms with Gasteiger partial charge in [0.1, 0.15) is 6.04 Å². The van der Waals surface area contributed by atoms with Crippen molar-refractivity contribution in [1.29, 1.82) is 5.41 Å². The largest absolute Gasteiger partial charge is 0.481 e. The smallest absolute Gasteiger partial charge is 0.330 e. The molecule has 1 unspecified atom stereocenters. The van der Waals surface area contributed by atoms with Crippen molar-refractivity contribution in [3.63, 3.8) is 0 Å². The summed E-state index contributed by atoms with van der Waals surface area (Å²) in [7, 11) is 0. The summed E-state index contributed by atoms with van der Waals surface area (Å²) in [6, 6.07) is -0.970. The molecule has 0 aromatic rings. The number of rotatable bonds is 8. The van der Waals surface area contributed by atoms with Gasteiger partial charge in [0.25, 0.3) is 0 Å². The van der Waals surface area contributed by atoms with E-state index in [2.05, 4.69) is 10.1 Å². The number of hydrogen-bond donors (Lipinski definition) is 5. The number of nitrogens with one attached hydrogen (secondary N) is 2. The highest BCUT2D eigenvalue weighted by Gasteiger charge is 2.18. The van der Waals surface area contributed by atoms with Crippen LogP contribution < -0.4 is 16.8 Å². The molecule has 0 aromatic heterocycles. The molecule has 9 heteroatoms. The van der Waals surface area contributed by atoms with Crippen LogP contribution in [0.25, 0.3) is 0 Å². The first-order chi connectivity index (χ1) is 8.82. The summed E-state index contributed by atoms with van der Waals surface area (Å²) in [5, 5.41) is 17.8. The van der Waals surface area contributed by atoms with Gasteiger partial charge in [-0.2, -0.15) is 0 Å². The fourth-order valence-corrected chi connectivity index (χ4v) is 1.11. The molecule has 0 radical (unpaired) electrons. The van der Waals surface area contributed by atoms with Crippen LogP contribution in [0.2, 0.25) is 0 Å². The predicted octanol–water partition coefficient (Wildman–Crippen LogP) is -1.49. The minimum atomic E-state index is -1.15. The number of carbonyl (C=O) groups excluding carboxylic acids is 2. The normalized spacial score (nSPS) is 11.4. The Morgan fingerprint density at radius 2 is 1.95 bits per heavy atom. The van der Waals surface area contributed by atoms with Gasteiger partial charge in [-0.15, -0.1) is 0 Å². The maximum absolute atomic E-state index is 11.3. The maximum Gasteiger partial charge on any atom is 0.330 e. The van der Waals surface area contributed by atoms with E-state index in [1.807, 2.05) is 0 Å². The number of aliphatic carboxylic acids is 1. The Labute approximate surface area is 109 Å². The van der Waals surface area contributed by atoms with Crippen LogP contribution in [-0.4, -0.2) is 41.6 Å². The van der Waals surface area contributed by atoms with Gasteiger partial charge in [0, 0.05) is 6.54 Å². The Hall–Kier alpha value is -2.16. The summed E-state index contributed by atoms with van der Waals surface area (Å²) >= 11 is 0. The first kappa shape index (κ1) is 16.8. The third-order valence-corrected chi connectivity index (χ3v) is 2.07. The average molecular weight is 274 g/mol. The second-order valence-corrected chi connectivity index (χ2v) is 3.78. The number of carboxylic acid groups (broad SMARTS) is 1. The fraction of sp³-hybridized carbons (Fsp3) is 0.600. The Morgan fingerprint density at radius 1 is 1.32 bits per heavy atom. The molecule has 0 fully saturated rings. The van der Waals surface area contributed by atoms with Crippen LogP contribution in [0.4, 0.5) is 0 Å². The molecule has 7 N–H and O–H groups in total. The topological polar surface area (TPSA) is 169 Å². The van der Waals surface area contributed by atoms with Crippen LogP contribution >= 0.6 is 0 Å². The van der Waals surface area contributed by atoms with Gasteiger partial charge in [0.15, 0.2) is 5.96 Å². The molecule has 19 heavy (non-hydrogen) atoms. The molecule has 0 aromatic carbocycles. The molecule has 0 bridgehead atoms. The predicted molar refractivity (Wildman–Crippen MR) is 65.1 cm³/mol. The molecular weight excluding hydrogens is 256 g/mol. The minimum absolute atomic E-state index is 0.181. The van der Waals surface area contributed by atoms with E-state index in [1.54, 1.807) is 0 Å². The van der Waals surface area contributed by atoms with E-state index in [0.717, 1.165) is 0 Å².